The molecular weight excluding hydrogens is 118 g/mol. The van der Waals surface area contributed by atoms with Gasteiger partial charge in [-0.2, -0.15) is 0 Å². The first-order valence-electron chi connectivity index (χ1n) is 1.04. The van der Waals surface area contributed by atoms with Crippen LogP contribution in [0.25, 0.3) is 0 Å². The minimum absolute atomic E-state index is 1.33. The van der Waals surface area contributed by atoms with E-state index in [1.54, 1.807) is 0 Å². The van der Waals surface area contributed by atoms with Crippen molar-refractivity contribution in [3.05, 3.63) is 0 Å². The molecule has 7 heavy (non-hydrogen) atoms. The largest absolute Gasteiger partial charge is 0.696 e. The average Bonchev–Trinajstić information content (AvgIpc) is 1.33. The summed E-state index contributed by atoms with van der Waals surface area (Å²) in [5, 5.41) is 25.1. The summed E-state index contributed by atoms with van der Waals surface area (Å²) in [7, 11) is 0. The number of carboxylic acid groups (broad SMARTS) is 2. The SMILES string of the molecule is N#C[S-].O=C([O-])[O-]. The molecule has 5 heteroatoms. The topological polar surface area (TPSA) is 87.0 Å². The number of hydrogen-bond donors (Lipinski definition) is 0. The molecule has 0 aromatic carbocycles. The number of carbonyl (C=O) groups excluding carboxylic acids is 1. The van der Waals surface area contributed by atoms with E-state index in [4.69, 9.17) is 20.3 Å². The van der Waals surface area contributed by atoms with Gasteiger partial charge < -0.3 is 27.6 Å². The van der Waals surface area contributed by atoms with Crippen LogP contribution in [0.5, 0.6) is 0 Å². The Hall–Kier alpha value is -1.02. The molecule has 0 unspecified atom stereocenters. The zero-order valence-electron chi connectivity index (χ0n) is 3.08. The van der Waals surface area contributed by atoms with Crippen molar-refractivity contribution in [1.82, 2.24) is 0 Å². The molecule has 0 aromatic heterocycles. The molecule has 0 atom stereocenters. The van der Waals surface area contributed by atoms with Crippen molar-refractivity contribution < 1.29 is 15.0 Å². The molecule has 0 aromatic rings. The van der Waals surface area contributed by atoms with Crippen molar-refractivity contribution in [2.45, 2.75) is 0 Å². The molecule has 0 rings (SSSR count). The van der Waals surface area contributed by atoms with E-state index in [9.17, 15) is 0 Å². The maximum absolute atomic E-state index is 8.33. The Morgan fingerprint density at radius 2 is 1.71 bits per heavy atom. The first kappa shape index (κ1) is 9.36. The summed E-state index contributed by atoms with van der Waals surface area (Å²) in [6.07, 6.45) is -2.33. The number of nitrogens with zero attached hydrogens (tertiary/aromatic N) is 1. The van der Waals surface area contributed by atoms with Crippen LogP contribution in [-0.4, -0.2) is 6.16 Å². The second kappa shape index (κ2) is 8.88. The quantitative estimate of drug-likeness (QED) is 0.260. The molecule has 0 aliphatic carbocycles. The Kier molecular flexibility index (Phi) is 11.9. The molecule has 0 spiro atoms. The summed E-state index contributed by atoms with van der Waals surface area (Å²) in [6, 6.07) is 0. The molecule has 4 nitrogen and oxygen atoms in total. The molecule has 0 saturated carbocycles. The van der Waals surface area contributed by atoms with E-state index >= 15 is 0 Å². The minimum Gasteiger partial charge on any atom is -0.696 e. The summed E-state index contributed by atoms with van der Waals surface area (Å²) >= 11 is 3.70. The summed E-state index contributed by atoms with van der Waals surface area (Å²) in [5.74, 6) is 0. The summed E-state index contributed by atoms with van der Waals surface area (Å²) < 4.78 is 0. The predicted molar refractivity (Wildman–Crippen MR) is 18.4 cm³/mol. The smallest absolute Gasteiger partial charge is 0.0431 e. The number of nitriles is 1. The van der Waals surface area contributed by atoms with E-state index in [-0.39, 0.29) is 0 Å². The van der Waals surface area contributed by atoms with Crippen LogP contribution in [0.4, 0.5) is 4.79 Å². The molecule has 0 bridgehead atoms. The van der Waals surface area contributed by atoms with Crippen LogP contribution in [0.15, 0.2) is 0 Å². The third kappa shape index (κ3) is 42.5. The van der Waals surface area contributed by atoms with Crippen molar-refractivity contribution in [2.75, 3.05) is 0 Å². The van der Waals surface area contributed by atoms with Crippen molar-refractivity contribution in [3.63, 3.8) is 0 Å². The summed E-state index contributed by atoms with van der Waals surface area (Å²) in [5.41, 5.74) is 0. The average molecular weight is 118 g/mol. The lowest BCUT2D eigenvalue weighted by molar-refractivity contribution is -0.415. The van der Waals surface area contributed by atoms with Crippen LogP contribution in [0, 0.1) is 10.7 Å². The van der Waals surface area contributed by atoms with Gasteiger partial charge in [-0.1, -0.05) is 5.40 Å². The number of thiocyanates is 1. The first-order chi connectivity index (χ1) is 3.15. The number of carbonyl (C=O) groups is 1. The molecule has 0 saturated heterocycles. The fourth-order valence-corrected chi connectivity index (χ4v) is 0. The van der Waals surface area contributed by atoms with Gasteiger partial charge in [-0.15, -0.1) is 0 Å². The number of hydrogen-bond acceptors (Lipinski definition) is 5. The zero-order chi connectivity index (χ0) is 6.28. The Bertz CT molecular complexity index is 81.4. The van der Waals surface area contributed by atoms with E-state index in [0.29, 0.717) is 0 Å². The fourth-order valence-electron chi connectivity index (χ4n) is 0. The second-order valence-corrected chi connectivity index (χ2v) is 0.524. The molecule has 0 N–H and O–H groups in total. The molecule has 0 heterocycles. The van der Waals surface area contributed by atoms with Crippen LogP contribution in [0.1, 0.15) is 0 Å². The van der Waals surface area contributed by atoms with Crippen LogP contribution in [-0.2, 0) is 12.6 Å². The molecule has 0 radical (unpaired) electrons. The van der Waals surface area contributed by atoms with Gasteiger partial charge in [0.05, 0.1) is 0 Å². The highest BCUT2D eigenvalue weighted by atomic mass is 32.1. The lowest BCUT2D eigenvalue weighted by Crippen LogP contribution is -2.37. The van der Waals surface area contributed by atoms with Crippen molar-refractivity contribution in [1.29, 1.82) is 5.26 Å². The monoisotopic (exact) mass is 118 g/mol. The van der Waals surface area contributed by atoms with Crippen LogP contribution in [0.3, 0.4) is 0 Å². The first-order valence-corrected chi connectivity index (χ1v) is 1.45. The summed E-state index contributed by atoms with van der Waals surface area (Å²) in [6.45, 7) is 0. The van der Waals surface area contributed by atoms with Crippen LogP contribution >= 0.6 is 0 Å². The second-order valence-electron chi connectivity index (χ2n) is 0.341. The molecule has 0 fully saturated rings. The molecule has 40 valence electrons. The molecular formula is C2NO3S-3. The Balaban J connectivity index is 0. The van der Waals surface area contributed by atoms with Gasteiger partial charge in [0.25, 0.3) is 0 Å². The Morgan fingerprint density at radius 1 is 1.71 bits per heavy atom. The molecule has 0 aliphatic heterocycles. The summed E-state index contributed by atoms with van der Waals surface area (Å²) in [4.78, 5) is 8.33. The van der Waals surface area contributed by atoms with Gasteiger partial charge in [0, 0.05) is 0 Å². The molecule has 0 amide bonds. The number of rotatable bonds is 0. The lowest BCUT2D eigenvalue weighted by Gasteiger charge is -1.96. The highest BCUT2D eigenvalue weighted by molar-refractivity contribution is 7.64. The lowest BCUT2D eigenvalue weighted by atomic mass is 11.5. The van der Waals surface area contributed by atoms with Gasteiger partial charge in [0.15, 0.2) is 0 Å². The van der Waals surface area contributed by atoms with Gasteiger partial charge in [-0.3, -0.25) is 0 Å². The van der Waals surface area contributed by atoms with Gasteiger partial charge >= 0.3 is 0 Å². The van der Waals surface area contributed by atoms with Gasteiger partial charge in [-0.05, 0) is 6.16 Å². The van der Waals surface area contributed by atoms with E-state index in [1.807, 2.05) is 0 Å². The Morgan fingerprint density at radius 3 is 1.71 bits per heavy atom. The highest BCUT2D eigenvalue weighted by Gasteiger charge is 1.26. The van der Waals surface area contributed by atoms with Crippen LogP contribution < -0.4 is 10.2 Å². The maximum Gasteiger partial charge on any atom is -0.0431 e. The van der Waals surface area contributed by atoms with Crippen molar-refractivity contribution >= 4 is 18.8 Å². The normalized spacial score (nSPS) is 4.43. The standard InChI is InChI=1S/CHNS.CH2O3/c2-1-3;2-1(3)4/h3H;(H2,2,3,4)/p-3. The van der Waals surface area contributed by atoms with E-state index in [1.165, 1.54) is 5.40 Å². The zero-order valence-corrected chi connectivity index (χ0v) is 3.90. The Labute approximate surface area is 45.4 Å². The highest BCUT2D eigenvalue weighted by Crippen LogP contribution is 1.21. The van der Waals surface area contributed by atoms with Gasteiger partial charge in [0.1, 0.15) is 0 Å². The predicted octanol–water partition coefficient (Wildman–Crippen LogP) is -2.43. The minimum atomic E-state index is -2.33. The third-order valence-electron chi connectivity index (χ3n) is 0. The van der Waals surface area contributed by atoms with Crippen LogP contribution in [0.2, 0.25) is 0 Å². The van der Waals surface area contributed by atoms with Gasteiger partial charge in [-0.25, -0.2) is 5.26 Å². The van der Waals surface area contributed by atoms with Crippen molar-refractivity contribution in [2.24, 2.45) is 0 Å². The molecule has 0 aliphatic rings. The van der Waals surface area contributed by atoms with E-state index in [2.05, 4.69) is 12.6 Å². The van der Waals surface area contributed by atoms with E-state index in [0.717, 1.165) is 0 Å². The fraction of sp³-hybridized carbons (Fsp3) is 0. The van der Waals surface area contributed by atoms with E-state index < -0.39 is 6.16 Å². The van der Waals surface area contributed by atoms with Gasteiger partial charge in [0.2, 0.25) is 0 Å². The third-order valence-corrected chi connectivity index (χ3v) is 0. The van der Waals surface area contributed by atoms with Crippen molar-refractivity contribution in [3.8, 4) is 5.40 Å². The maximum atomic E-state index is 8.33.